The van der Waals surface area contributed by atoms with Crippen LogP contribution in [-0.2, 0) is 4.79 Å². The molecule has 33 heavy (non-hydrogen) atoms. The van der Waals surface area contributed by atoms with Crippen molar-refractivity contribution in [2.45, 2.75) is 116 Å². The minimum atomic E-state index is -0.250. The zero-order valence-electron chi connectivity index (χ0n) is 22.1. The van der Waals surface area contributed by atoms with Crippen LogP contribution < -0.4 is 0 Å². The highest BCUT2D eigenvalue weighted by atomic mass is 32.2. The van der Waals surface area contributed by atoms with Gasteiger partial charge in [0.2, 0.25) is 0 Å². The smallest absolute Gasteiger partial charge is 0.290 e. The first-order valence-electron chi connectivity index (χ1n) is 12.1. The molecule has 1 heterocycles. The van der Waals surface area contributed by atoms with Crippen LogP contribution in [0.5, 0.6) is 0 Å². The van der Waals surface area contributed by atoms with Gasteiger partial charge in [-0.1, -0.05) is 44.4 Å². The standard InChI is InChI=1S/C26H45NOS2.CH2O2/c1-9-25(28)26(7,8)30-22(5)16-20(3)14-10-12-19(2)13-11-15-21(4)17-24-18-29-23(6)27-24;2-1-3/h13,17-18,20,22,25,28H,9-12,14-16H2,1-8H3;1H,(H,2,3)/b19-13-,21-17+;. The van der Waals surface area contributed by atoms with Gasteiger partial charge in [0.15, 0.2) is 0 Å². The summed E-state index contributed by atoms with van der Waals surface area (Å²) in [5.41, 5.74) is 4.03. The van der Waals surface area contributed by atoms with Gasteiger partial charge in [-0.3, -0.25) is 4.79 Å². The molecule has 0 aliphatic heterocycles. The Labute approximate surface area is 211 Å². The van der Waals surface area contributed by atoms with E-state index in [1.54, 1.807) is 11.3 Å². The second-order valence-electron chi connectivity index (χ2n) is 9.67. The van der Waals surface area contributed by atoms with E-state index in [4.69, 9.17) is 9.90 Å². The molecule has 0 aliphatic carbocycles. The number of aryl methyl sites for hydroxylation is 1. The number of aliphatic hydroxyl groups excluding tert-OH is 1. The number of carbonyl (C=O) groups is 1. The molecule has 190 valence electrons. The lowest BCUT2D eigenvalue weighted by Crippen LogP contribution is -2.34. The molecule has 1 rings (SSSR count). The largest absolute Gasteiger partial charge is 0.483 e. The van der Waals surface area contributed by atoms with Gasteiger partial charge in [0.1, 0.15) is 0 Å². The second kappa shape index (κ2) is 17.3. The number of thioether (sulfide) groups is 1. The van der Waals surface area contributed by atoms with Crippen LogP contribution in [0.1, 0.15) is 104 Å². The molecule has 0 bridgehead atoms. The molecule has 4 nitrogen and oxygen atoms in total. The Hall–Kier alpha value is -1.11. The van der Waals surface area contributed by atoms with Gasteiger partial charge >= 0.3 is 0 Å². The molecule has 3 atom stereocenters. The SMILES string of the molecule is CCC(O)C(C)(C)SC(C)CC(C)CCC/C(C)=C\CC/C(C)=C/c1csc(C)n1.O=CO. The lowest BCUT2D eigenvalue weighted by molar-refractivity contribution is -0.122. The predicted molar refractivity (Wildman–Crippen MR) is 147 cm³/mol. The van der Waals surface area contributed by atoms with Crippen molar-refractivity contribution in [1.82, 2.24) is 4.98 Å². The summed E-state index contributed by atoms with van der Waals surface area (Å²) in [5.74, 6) is 0.738. The van der Waals surface area contributed by atoms with Crippen LogP contribution in [0.3, 0.4) is 0 Å². The molecule has 1 aromatic heterocycles. The molecule has 0 aliphatic rings. The molecule has 1 aromatic rings. The summed E-state index contributed by atoms with van der Waals surface area (Å²) in [6.07, 6.45) is 12.5. The fraction of sp³-hybridized carbons (Fsp3) is 0.704. The Balaban J connectivity index is 0.00000322. The van der Waals surface area contributed by atoms with Crippen LogP contribution in [0.4, 0.5) is 0 Å². The number of rotatable bonds is 14. The fourth-order valence-electron chi connectivity index (χ4n) is 3.97. The molecule has 0 saturated heterocycles. The summed E-state index contributed by atoms with van der Waals surface area (Å²) < 4.78 is -0.0574. The van der Waals surface area contributed by atoms with Crippen molar-refractivity contribution in [2.75, 3.05) is 0 Å². The van der Waals surface area contributed by atoms with Crippen molar-refractivity contribution in [2.24, 2.45) is 5.92 Å². The first kappa shape index (κ1) is 31.9. The number of carboxylic acid groups (broad SMARTS) is 1. The summed E-state index contributed by atoms with van der Waals surface area (Å²) in [5, 5.41) is 21.0. The number of allylic oxidation sites excluding steroid dienone is 3. The van der Waals surface area contributed by atoms with Gasteiger partial charge in [-0.15, -0.1) is 23.1 Å². The van der Waals surface area contributed by atoms with Crippen molar-refractivity contribution in [3.05, 3.63) is 33.3 Å². The molecule has 0 spiro atoms. The maximum Gasteiger partial charge on any atom is 0.290 e. The highest BCUT2D eigenvalue weighted by Gasteiger charge is 2.29. The van der Waals surface area contributed by atoms with Crippen LogP contribution >= 0.6 is 23.1 Å². The van der Waals surface area contributed by atoms with Crippen LogP contribution in [-0.4, -0.2) is 37.8 Å². The van der Waals surface area contributed by atoms with E-state index in [2.05, 4.69) is 77.9 Å². The normalized spacial score (nSPS) is 15.4. The van der Waals surface area contributed by atoms with Gasteiger partial charge in [0.25, 0.3) is 6.47 Å². The van der Waals surface area contributed by atoms with Crippen molar-refractivity contribution in [3.8, 4) is 0 Å². The highest BCUT2D eigenvalue weighted by molar-refractivity contribution is 8.01. The van der Waals surface area contributed by atoms with E-state index in [1.807, 2.05) is 11.8 Å². The van der Waals surface area contributed by atoms with E-state index in [-0.39, 0.29) is 17.3 Å². The fourth-order valence-corrected chi connectivity index (χ4v) is 6.33. The Kier molecular flexibility index (Phi) is 16.8. The van der Waals surface area contributed by atoms with Gasteiger partial charge < -0.3 is 10.2 Å². The molecular weight excluding hydrogens is 450 g/mol. The van der Waals surface area contributed by atoms with Gasteiger partial charge in [-0.25, -0.2) is 4.98 Å². The first-order valence-corrected chi connectivity index (χ1v) is 13.9. The van der Waals surface area contributed by atoms with Crippen LogP contribution in [0.2, 0.25) is 0 Å². The molecule has 0 saturated carbocycles. The zero-order chi connectivity index (χ0) is 25.4. The minimum Gasteiger partial charge on any atom is -0.483 e. The first-order chi connectivity index (χ1) is 15.4. The summed E-state index contributed by atoms with van der Waals surface area (Å²) in [6.45, 7) is 17.4. The summed E-state index contributed by atoms with van der Waals surface area (Å²) in [4.78, 5) is 12.9. The van der Waals surface area contributed by atoms with E-state index in [1.165, 1.54) is 36.8 Å². The van der Waals surface area contributed by atoms with E-state index < -0.39 is 0 Å². The predicted octanol–water partition coefficient (Wildman–Crippen LogP) is 8.15. The topological polar surface area (TPSA) is 70.4 Å². The lowest BCUT2D eigenvalue weighted by Gasteiger charge is -2.33. The zero-order valence-corrected chi connectivity index (χ0v) is 23.7. The Morgan fingerprint density at radius 2 is 1.88 bits per heavy atom. The Morgan fingerprint density at radius 3 is 2.42 bits per heavy atom. The van der Waals surface area contributed by atoms with E-state index in [0.717, 1.165) is 35.9 Å². The molecule has 6 heteroatoms. The quantitative estimate of drug-likeness (QED) is 0.200. The average molecular weight is 498 g/mol. The summed E-state index contributed by atoms with van der Waals surface area (Å²) in [6, 6.07) is 0. The van der Waals surface area contributed by atoms with E-state index in [0.29, 0.717) is 5.25 Å². The van der Waals surface area contributed by atoms with Crippen LogP contribution in [0, 0.1) is 12.8 Å². The highest BCUT2D eigenvalue weighted by Crippen LogP contribution is 2.36. The maximum absolute atomic E-state index is 10.2. The number of thiazole rings is 1. The second-order valence-corrected chi connectivity index (χ2v) is 12.8. The van der Waals surface area contributed by atoms with Gasteiger partial charge in [0, 0.05) is 15.4 Å². The third-order valence-corrected chi connectivity index (χ3v) is 8.03. The monoisotopic (exact) mass is 497 g/mol. The third-order valence-electron chi connectivity index (χ3n) is 5.76. The number of nitrogens with zero attached hydrogens (tertiary/aromatic N) is 1. The molecule has 0 radical (unpaired) electrons. The van der Waals surface area contributed by atoms with Crippen molar-refractivity contribution in [3.63, 3.8) is 0 Å². The molecule has 0 aromatic carbocycles. The molecule has 2 N–H and O–H groups in total. The van der Waals surface area contributed by atoms with Gasteiger partial charge in [-0.2, -0.15) is 0 Å². The Bertz CT molecular complexity index is 725. The number of hydrogen-bond donors (Lipinski definition) is 2. The van der Waals surface area contributed by atoms with Crippen LogP contribution in [0.25, 0.3) is 6.08 Å². The molecule has 0 amide bonds. The third kappa shape index (κ3) is 15.4. The summed E-state index contributed by atoms with van der Waals surface area (Å²) >= 11 is 3.66. The molecular formula is C27H47NO3S2. The maximum atomic E-state index is 10.2. The molecule has 0 fully saturated rings. The van der Waals surface area contributed by atoms with Crippen molar-refractivity contribution in [1.29, 1.82) is 0 Å². The van der Waals surface area contributed by atoms with Crippen molar-refractivity contribution < 1.29 is 15.0 Å². The number of hydrogen-bond acceptors (Lipinski definition) is 5. The van der Waals surface area contributed by atoms with E-state index >= 15 is 0 Å². The lowest BCUT2D eigenvalue weighted by atomic mass is 9.97. The van der Waals surface area contributed by atoms with Crippen molar-refractivity contribution >= 4 is 35.6 Å². The van der Waals surface area contributed by atoms with Gasteiger partial charge in [0.05, 0.1) is 16.8 Å². The summed E-state index contributed by atoms with van der Waals surface area (Å²) in [7, 11) is 0. The minimum absolute atomic E-state index is 0.0574. The number of aromatic nitrogens is 1. The molecule has 3 unspecified atom stereocenters. The average Bonchev–Trinajstić information content (AvgIpc) is 3.11. The number of aliphatic hydroxyl groups is 1. The van der Waals surface area contributed by atoms with E-state index in [9.17, 15) is 5.11 Å². The van der Waals surface area contributed by atoms with Gasteiger partial charge in [-0.05, 0) is 85.1 Å². The Morgan fingerprint density at radius 1 is 1.24 bits per heavy atom. The van der Waals surface area contributed by atoms with Crippen LogP contribution in [0.15, 0.2) is 22.6 Å².